The van der Waals surface area contributed by atoms with Gasteiger partial charge in [-0.05, 0) is 31.3 Å². The summed E-state index contributed by atoms with van der Waals surface area (Å²) in [7, 11) is 3.67. The van der Waals surface area contributed by atoms with Crippen molar-refractivity contribution in [3.8, 4) is 11.5 Å². The number of nitrogens with one attached hydrogen (secondary N) is 1. The SMILES string of the molecule is CNC1CC(c2ccccc2Br)Oc2ccc(OC)cc21. The Morgan fingerprint density at radius 2 is 2.00 bits per heavy atom. The zero-order chi connectivity index (χ0) is 14.8. The molecular weight excluding hydrogens is 330 g/mol. The van der Waals surface area contributed by atoms with Gasteiger partial charge in [-0.15, -0.1) is 0 Å². The van der Waals surface area contributed by atoms with E-state index in [4.69, 9.17) is 9.47 Å². The van der Waals surface area contributed by atoms with Crippen LogP contribution in [0, 0.1) is 0 Å². The fourth-order valence-electron chi connectivity index (χ4n) is 2.78. The summed E-state index contributed by atoms with van der Waals surface area (Å²) in [6.45, 7) is 0. The maximum absolute atomic E-state index is 6.20. The van der Waals surface area contributed by atoms with Crippen LogP contribution >= 0.6 is 15.9 Å². The maximum Gasteiger partial charge on any atom is 0.127 e. The van der Waals surface area contributed by atoms with Crippen LogP contribution in [-0.2, 0) is 0 Å². The minimum Gasteiger partial charge on any atom is -0.497 e. The molecular formula is C17H18BrNO2. The third-order valence-electron chi connectivity index (χ3n) is 3.91. The van der Waals surface area contributed by atoms with Crippen molar-refractivity contribution in [2.45, 2.75) is 18.6 Å². The normalized spacial score (nSPS) is 20.5. The number of hydrogen-bond donors (Lipinski definition) is 1. The summed E-state index contributed by atoms with van der Waals surface area (Å²) >= 11 is 3.62. The summed E-state index contributed by atoms with van der Waals surface area (Å²) < 4.78 is 12.6. The second-order valence-corrected chi connectivity index (χ2v) is 5.96. The van der Waals surface area contributed by atoms with E-state index in [-0.39, 0.29) is 12.1 Å². The van der Waals surface area contributed by atoms with E-state index in [1.54, 1.807) is 7.11 Å². The van der Waals surface area contributed by atoms with Crippen molar-refractivity contribution in [3.63, 3.8) is 0 Å². The topological polar surface area (TPSA) is 30.5 Å². The van der Waals surface area contributed by atoms with Crippen molar-refractivity contribution in [1.82, 2.24) is 5.32 Å². The van der Waals surface area contributed by atoms with Crippen LogP contribution in [0.25, 0.3) is 0 Å². The van der Waals surface area contributed by atoms with Gasteiger partial charge in [-0.25, -0.2) is 0 Å². The zero-order valence-electron chi connectivity index (χ0n) is 12.1. The van der Waals surface area contributed by atoms with Gasteiger partial charge < -0.3 is 14.8 Å². The van der Waals surface area contributed by atoms with E-state index in [0.717, 1.165) is 28.0 Å². The summed E-state index contributed by atoms with van der Waals surface area (Å²) in [5.74, 6) is 1.78. The summed E-state index contributed by atoms with van der Waals surface area (Å²) in [4.78, 5) is 0. The fraction of sp³-hybridized carbons (Fsp3) is 0.294. The van der Waals surface area contributed by atoms with Gasteiger partial charge in [0.25, 0.3) is 0 Å². The molecule has 0 fully saturated rings. The number of ether oxygens (including phenoxy) is 2. The van der Waals surface area contributed by atoms with Crippen molar-refractivity contribution in [3.05, 3.63) is 58.1 Å². The van der Waals surface area contributed by atoms with Crippen LogP contribution in [0.4, 0.5) is 0 Å². The van der Waals surface area contributed by atoms with E-state index in [9.17, 15) is 0 Å². The van der Waals surface area contributed by atoms with Gasteiger partial charge in [0.05, 0.1) is 7.11 Å². The number of benzene rings is 2. The van der Waals surface area contributed by atoms with Crippen LogP contribution in [-0.4, -0.2) is 14.2 Å². The monoisotopic (exact) mass is 347 g/mol. The van der Waals surface area contributed by atoms with Gasteiger partial charge in [0.1, 0.15) is 17.6 Å². The first-order valence-electron chi connectivity index (χ1n) is 6.99. The first-order valence-corrected chi connectivity index (χ1v) is 7.78. The highest BCUT2D eigenvalue weighted by Gasteiger charge is 2.29. The van der Waals surface area contributed by atoms with Crippen LogP contribution < -0.4 is 14.8 Å². The van der Waals surface area contributed by atoms with E-state index in [1.165, 1.54) is 5.56 Å². The Hall–Kier alpha value is -1.52. The van der Waals surface area contributed by atoms with Gasteiger partial charge in [0, 0.05) is 28.1 Å². The molecule has 21 heavy (non-hydrogen) atoms. The zero-order valence-corrected chi connectivity index (χ0v) is 13.7. The predicted molar refractivity (Wildman–Crippen MR) is 86.9 cm³/mol. The molecule has 0 amide bonds. The van der Waals surface area contributed by atoms with Crippen LogP contribution in [0.15, 0.2) is 46.9 Å². The van der Waals surface area contributed by atoms with Gasteiger partial charge in [-0.1, -0.05) is 34.1 Å². The molecule has 3 rings (SSSR count). The molecule has 1 N–H and O–H groups in total. The number of halogens is 1. The number of rotatable bonds is 3. The Morgan fingerprint density at radius 3 is 2.71 bits per heavy atom. The summed E-state index contributed by atoms with van der Waals surface area (Å²) in [5, 5.41) is 3.38. The lowest BCUT2D eigenvalue weighted by molar-refractivity contribution is 0.153. The number of hydrogen-bond acceptors (Lipinski definition) is 3. The highest BCUT2D eigenvalue weighted by molar-refractivity contribution is 9.10. The molecule has 1 aliphatic rings. The average molecular weight is 348 g/mol. The molecule has 3 nitrogen and oxygen atoms in total. The molecule has 1 aliphatic heterocycles. The quantitative estimate of drug-likeness (QED) is 0.900. The van der Waals surface area contributed by atoms with Gasteiger partial charge in [-0.3, -0.25) is 0 Å². The molecule has 2 aromatic rings. The van der Waals surface area contributed by atoms with Crippen LogP contribution in [0.2, 0.25) is 0 Å². The van der Waals surface area contributed by atoms with Gasteiger partial charge in [0.2, 0.25) is 0 Å². The minimum absolute atomic E-state index is 0.0407. The molecule has 0 radical (unpaired) electrons. The average Bonchev–Trinajstić information content (AvgIpc) is 2.53. The van der Waals surface area contributed by atoms with E-state index in [0.29, 0.717) is 0 Å². The first kappa shape index (κ1) is 14.4. The van der Waals surface area contributed by atoms with E-state index >= 15 is 0 Å². The molecule has 2 aromatic carbocycles. The lowest BCUT2D eigenvalue weighted by atomic mass is 9.93. The molecule has 1 heterocycles. The third-order valence-corrected chi connectivity index (χ3v) is 4.63. The Bertz CT molecular complexity index is 644. The fourth-order valence-corrected chi connectivity index (χ4v) is 3.32. The Labute approximate surface area is 133 Å². The Balaban J connectivity index is 1.97. The summed E-state index contributed by atoms with van der Waals surface area (Å²) in [5.41, 5.74) is 2.33. The van der Waals surface area contributed by atoms with Crippen molar-refractivity contribution in [2.24, 2.45) is 0 Å². The van der Waals surface area contributed by atoms with Gasteiger partial charge in [-0.2, -0.15) is 0 Å². The molecule has 4 heteroatoms. The maximum atomic E-state index is 6.20. The van der Waals surface area contributed by atoms with E-state index in [2.05, 4.69) is 33.4 Å². The third kappa shape index (κ3) is 2.78. The van der Waals surface area contributed by atoms with Crippen molar-refractivity contribution in [1.29, 1.82) is 0 Å². The van der Waals surface area contributed by atoms with Crippen LogP contribution in [0.5, 0.6) is 11.5 Å². The lowest BCUT2D eigenvalue weighted by Crippen LogP contribution is -2.27. The first-order chi connectivity index (χ1) is 10.2. The second-order valence-electron chi connectivity index (χ2n) is 5.11. The minimum atomic E-state index is 0.0407. The van der Waals surface area contributed by atoms with E-state index in [1.807, 2.05) is 37.4 Å². The van der Waals surface area contributed by atoms with Crippen molar-refractivity contribution < 1.29 is 9.47 Å². The Kier molecular flexibility index (Phi) is 4.17. The lowest BCUT2D eigenvalue weighted by Gasteiger charge is -2.33. The Morgan fingerprint density at radius 1 is 1.19 bits per heavy atom. The predicted octanol–water partition coefficient (Wildman–Crippen LogP) is 4.24. The summed E-state index contributed by atoms with van der Waals surface area (Å²) in [6.07, 6.45) is 0.929. The highest BCUT2D eigenvalue weighted by atomic mass is 79.9. The molecule has 0 aliphatic carbocycles. The van der Waals surface area contributed by atoms with Crippen molar-refractivity contribution >= 4 is 15.9 Å². The highest BCUT2D eigenvalue weighted by Crippen LogP contribution is 2.43. The molecule has 2 atom stereocenters. The summed E-state index contributed by atoms with van der Waals surface area (Å²) in [6, 6.07) is 14.4. The molecule has 0 spiro atoms. The van der Waals surface area contributed by atoms with Gasteiger partial charge >= 0.3 is 0 Å². The molecule has 110 valence electrons. The molecule has 0 bridgehead atoms. The van der Waals surface area contributed by atoms with Gasteiger partial charge in [0.15, 0.2) is 0 Å². The number of methoxy groups -OCH3 is 1. The van der Waals surface area contributed by atoms with Crippen LogP contribution in [0.1, 0.15) is 29.7 Å². The second kappa shape index (κ2) is 6.08. The number of fused-ring (bicyclic) bond motifs is 1. The molecule has 0 aromatic heterocycles. The van der Waals surface area contributed by atoms with Crippen LogP contribution in [0.3, 0.4) is 0 Å². The van der Waals surface area contributed by atoms with E-state index < -0.39 is 0 Å². The molecule has 0 saturated carbocycles. The largest absolute Gasteiger partial charge is 0.497 e. The molecule has 0 saturated heterocycles. The molecule has 2 unspecified atom stereocenters. The smallest absolute Gasteiger partial charge is 0.127 e. The van der Waals surface area contributed by atoms with Crippen molar-refractivity contribution in [2.75, 3.05) is 14.2 Å². The standard InChI is InChI=1S/C17H18BrNO2/c1-19-15-10-17(12-5-3-4-6-14(12)18)21-16-8-7-11(20-2)9-13(15)16/h3-9,15,17,19H,10H2,1-2H3.